The minimum atomic E-state index is -1.64. The number of ether oxygens (including phenoxy) is 1. The fourth-order valence-corrected chi connectivity index (χ4v) is 4.48. The largest absolute Gasteiger partial charge is 0.444 e. The van der Waals surface area contributed by atoms with Crippen molar-refractivity contribution in [1.29, 1.82) is 0 Å². The van der Waals surface area contributed by atoms with Gasteiger partial charge in [-0.2, -0.15) is 0 Å². The highest BCUT2D eigenvalue weighted by Crippen LogP contribution is 2.44. The molecule has 2 aliphatic rings. The van der Waals surface area contributed by atoms with Crippen LogP contribution in [-0.2, 0) is 17.0 Å². The summed E-state index contributed by atoms with van der Waals surface area (Å²) in [5, 5.41) is 3.33. The van der Waals surface area contributed by atoms with Gasteiger partial charge >= 0.3 is 6.09 Å². The fourth-order valence-electron chi connectivity index (χ4n) is 4.12. The van der Waals surface area contributed by atoms with Crippen LogP contribution in [0.5, 0.6) is 0 Å². The molecule has 0 aromatic carbocycles. The van der Waals surface area contributed by atoms with Gasteiger partial charge in [0.05, 0.1) is 25.3 Å². The van der Waals surface area contributed by atoms with Crippen LogP contribution in [0.3, 0.4) is 0 Å². The van der Waals surface area contributed by atoms with Gasteiger partial charge in [-0.3, -0.25) is 0 Å². The van der Waals surface area contributed by atoms with E-state index in [1.165, 1.54) is 4.90 Å². The lowest BCUT2D eigenvalue weighted by Gasteiger charge is -2.44. The Balaban J connectivity index is 1.40. The molecule has 0 atom stereocenters. The molecule has 5 rings (SSSR count). The van der Waals surface area contributed by atoms with E-state index >= 15 is 4.39 Å². The summed E-state index contributed by atoms with van der Waals surface area (Å²) in [6.45, 7) is 5.86. The molecule has 2 fully saturated rings. The summed E-state index contributed by atoms with van der Waals surface area (Å²) in [6.07, 6.45) is 7.48. The van der Waals surface area contributed by atoms with Gasteiger partial charge in [0.15, 0.2) is 5.67 Å². The molecule has 9 heteroatoms. The zero-order chi connectivity index (χ0) is 23.4. The van der Waals surface area contributed by atoms with Crippen molar-refractivity contribution < 1.29 is 13.9 Å². The zero-order valence-corrected chi connectivity index (χ0v) is 20.5. The number of nitrogens with one attached hydrogen (secondary N) is 1. The maximum atomic E-state index is 16.0. The summed E-state index contributed by atoms with van der Waals surface area (Å²) in [4.78, 5) is 22.7. The van der Waals surface area contributed by atoms with E-state index in [2.05, 4.69) is 32.4 Å². The van der Waals surface area contributed by atoms with Gasteiger partial charge in [-0.1, -0.05) is 0 Å². The number of rotatable bonds is 5. The first kappa shape index (κ1) is 22.1. The van der Waals surface area contributed by atoms with Gasteiger partial charge in [0.25, 0.3) is 0 Å². The van der Waals surface area contributed by atoms with Crippen LogP contribution in [0.4, 0.5) is 14.9 Å². The molecular formula is C24H27BrFN5O2. The molecule has 33 heavy (non-hydrogen) atoms. The Labute approximate surface area is 200 Å². The number of aromatic nitrogens is 3. The normalized spacial score (nSPS) is 17.7. The van der Waals surface area contributed by atoms with E-state index in [4.69, 9.17) is 9.72 Å². The molecule has 1 saturated heterocycles. The summed E-state index contributed by atoms with van der Waals surface area (Å²) in [5.74, 6) is 0.469. The van der Waals surface area contributed by atoms with Crippen molar-refractivity contribution in [3.8, 4) is 0 Å². The van der Waals surface area contributed by atoms with Crippen molar-refractivity contribution in [2.45, 2.75) is 57.3 Å². The second-order valence-electron chi connectivity index (χ2n) is 9.95. The first-order valence-electron chi connectivity index (χ1n) is 11.1. The van der Waals surface area contributed by atoms with Crippen LogP contribution in [0.2, 0.25) is 0 Å². The fraction of sp³-hybridized carbons (Fsp3) is 0.458. The minimum absolute atomic E-state index is 0.0306. The lowest BCUT2D eigenvalue weighted by Crippen LogP contribution is -2.59. The highest BCUT2D eigenvalue weighted by Gasteiger charge is 2.50. The highest BCUT2D eigenvalue weighted by molar-refractivity contribution is 9.10. The quantitative estimate of drug-likeness (QED) is 0.460. The summed E-state index contributed by atoms with van der Waals surface area (Å²) < 4.78 is 24.1. The third kappa shape index (κ3) is 4.69. The number of carbonyl (C=O) groups excluding carboxylic acids is 1. The van der Waals surface area contributed by atoms with Gasteiger partial charge in [0, 0.05) is 29.8 Å². The van der Waals surface area contributed by atoms with Crippen molar-refractivity contribution in [3.63, 3.8) is 0 Å². The second-order valence-corrected chi connectivity index (χ2v) is 10.8. The topological polar surface area (TPSA) is 71.8 Å². The monoisotopic (exact) mass is 515 g/mol. The Morgan fingerprint density at radius 2 is 2.06 bits per heavy atom. The van der Waals surface area contributed by atoms with Crippen LogP contribution in [-0.4, -0.2) is 44.1 Å². The first-order valence-corrected chi connectivity index (χ1v) is 11.9. The molecule has 0 unspecified atom stereocenters. The van der Waals surface area contributed by atoms with Crippen LogP contribution in [0.1, 0.15) is 56.4 Å². The Kier molecular flexibility index (Phi) is 5.34. The number of fused-ring (bicyclic) bond motifs is 1. The van der Waals surface area contributed by atoms with E-state index in [0.29, 0.717) is 23.7 Å². The first-order chi connectivity index (χ1) is 15.6. The number of amides is 1. The summed E-state index contributed by atoms with van der Waals surface area (Å²) >= 11 is 3.37. The number of carbonyl (C=O) groups is 1. The molecule has 1 saturated carbocycles. The Morgan fingerprint density at radius 1 is 1.30 bits per heavy atom. The van der Waals surface area contributed by atoms with Crippen LogP contribution >= 0.6 is 15.9 Å². The molecule has 1 aliphatic carbocycles. The van der Waals surface area contributed by atoms with E-state index in [1.54, 1.807) is 27.0 Å². The summed E-state index contributed by atoms with van der Waals surface area (Å²) in [5.41, 5.74) is 1.74. The molecule has 3 aromatic rings. The Morgan fingerprint density at radius 3 is 2.73 bits per heavy atom. The van der Waals surface area contributed by atoms with Crippen molar-refractivity contribution in [2.24, 2.45) is 0 Å². The molecule has 174 valence electrons. The average molecular weight is 516 g/mol. The maximum Gasteiger partial charge on any atom is 0.410 e. The molecular weight excluding hydrogens is 489 g/mol. The van der Waals surface area contributed by atoms with Crippen molar-refractivity contribution >= 4 is 33.4 Å². The van der Waals surface area contributed by atoms with Crippen LogP contribution in [0.15, 0.2) is 41.4 Å². The Bertz CT molecular complexity index is 1210. The molecule has 7 nitrogen and oxygen atoms in total. The number of nitrogens with zero attached hydrogens (tertiary/aromatic N) is 4. The summed E-state index contributed by atoms with van der Waals surface area (Å²) in [6, 6.07) is 5.72. The Hall–Kier alpha value is -2.68. The molecule has 0 spiro atoms. The maximum absolute atomic E-state index is 16.0. The van der Waals surface area contributed by atoms with Crippen LogP contribution in [0, 0.1) is 0 Å². The van der Waals surface area contributed by atoms with E-state index < -0.39 is 17.4 Å². The zero-order valence-electron chi connectivity index (χ0n) is 18.9. The van der Waals surface area contributed by atoms with Crippen molar-refractivity contribution in [2.75, 3.05) is 18.4 Å². The third-order valence-corrected chi connectivity index (χ3v) is 6.32. The summed E-state index contributed by atoms with van der Waals surface area (Å²) in [7, 11) is 0. The molecule has 4 heterocycles. The number of alkyl halides is 1. The average Bonchev–Trinajstić information content (AvgIpc) is 3.47. The molecule has 3 aromatic heterocycles. The van der Waals surface area contributed by atoms with Crippen molar-refractivity contribution in [3.05, 3.63) is 58.2 Å². The van der Waals surface area contributed by atoms with Gasteiger partial charge in [-0.25, -0.2) is 19.2 Å². The molecule has 1 N–H and O–H groups in total. The molecule has 1 aliphatic heterocycles. The second kappa shape index (κ2) is 7.97. The van der Waals surface area contributed by atoms with Crippen LogP contribution < -0.4 is 5.32 Å². The van der Waals surface area contributed by atoms with E-state index in [0.717, 1.165) is 34.4 Å². The predicted molar refractivity (Wildman–Crippen MR) is 127 cm³/mol. The van der Waals surface area contributed by atoms with Gasteiger partial charge in [0.1, 0.15) is 15.9 Å². The number of anilines is 1. The highest BCUT2D eigenvalue weighted by atomic mass is 79.9. The molecule has 0 bridgehead atoms. The van der Waals surface area contributed by atoms with Gasteiger partial charge < -0.3 is 19.4 Å². The van der Waals surface area contributed by atoms with E-state index in [-0.39, 0.29) is 13.1 Å². The number of hydrogen-bond donors (Lipinski definition) is 1. The number of pyridine rings is 2. The number of likely N-dealkylation sites (tertiary alicyclic amines) is 1. The SMILES string of the molecule is CC(C)(C)OC(=O)N1CC(F)(c2cc(C3CC3)cn3cc(CNc4ccnc(Br)c4)nc23)C1. The number of halogens is 2. The van der Waals surface area contributed by atoms with Gasteiger partial charge in [0.2, 0.25) is 0 Å². The van der Waals surface area contributed by atoms with E-state index in [9.17, 15) is 4.79 Å². The third-order valence-electron chi connectivity index (χ3n) is 5.89. The molecule has 1 amide bonds. The predicted octanol–water partition coefficient (Wildman–Crippen LogP) is 5.40. The molecule has 0 radical (unpaired) electrons. The van der Waals surface area contributed by atoms with Gasteiger partial charge in [-0.05, 0) is 79.2 Å². The number of imidazole rings is 1. The smallest absolute Gasteiger partial charge is 0.410 e. The lowest BCUT2D eigenvalue weighted by atomic mass is 9.87. The van der Waals surface area contributed by atoms with Crippen LogP contribution in [0.25, 0.3) is 5.65 Å². The lowest BCUT2D eigenvalue weighted by molar-refractivity contribution is -0.0533. The van der Waals surface area contributed by atoms with Crippen molar-refractivity contribution in [1.82, 2.24) is 19.3 Å². The minimum Gasteiger partial charge on any atom is -0.444 e. The van der Waals surface area contributed by atoms with E-state index in [1.807, 2.05) is 28.8 Å². The number of hydrogen-bond acceptors (Lipinski definition) is 5. The van der Waals surface area contributed by atoms with Gasteiger partial charge in [-0.15, -0.1) is 0 Å². The standard InChI is InChI=1S/C24H27BrFN5O2/c1-23(2,3)33-22(32)31-13-24(26,14-31)19-8-16(15-4-5-15)11-30-12-18(29-21(19)30)10-28-17-6-7-27-20(25)9-17/h6-9,11-12,15H,4-5,10,13-14H2,1-3H3,(H,27,28).